The van der Waals surface area contributed by atoms with Crippen LogP contribution in [-0.4, -0.2) is 38.3 Å². The molecule has 1 saturated carbocycles. The van der Waals surface area contributed by atoms with Gasteiger partial charge in [-0.05, 0) is 17.9 Å². The highest BCUT2D eigenvalue weighted by atomic mass is 16.5. The van der Waals surface area contributed by atoms with Gasteiger partial charge in [-0.1, -0.05) is 30.3 Å². The van der Waals surface area contributed by atoms with Gasteiger partial charge in [-0.15, -0.1) is 0 Å². The Balaban J connectivity index is 1.45. The van der Waals surface area contributed by atoms with Gasteiger partial charge < -0.3 is 15.4 Å². The molecule has 2 aliphatic rings. The smallest absolute Gasteiger partial charge is 0.223 e. The van der Waals surface area contributed by atoms with E-state index < -0.39 is 0 Å². The lowest BCUT2D eigenvalue weighted by molar-refractivity contribution is -0.123. The number of benzene rings is 1. The SMILES string of the molecule is O=C(NCC1CNCCO1)C1CC1c1ccccc1. The van der Waals surface area contributed by atoms with Crippen molar-refractivity contribution in [3.63, 3.8) is 0 Å². The van der Waals surface area contributed by atoms with Gasteiger partial charge in [0, 0.05) is 25.6 Å². The van der Waals surface area contributed by atoms with Crippen molar-refractivity contribution in [2.24, 2.45) is 5.92 Å². The Labute approximate surface area is 113 Å². The maximum Gasteiger partial charge on any atom is 0.223 e. The van der Waals surface area contributed by atoms with Crippen molar-refractivity contribution >= 4 is 5.91 Å². The van der Waals surface area contributed by atoms with Crippen LogP contribution in [-0.2, 0) is 9.53 Å². The maximum atomic E-state index is 12.0. The molecule has 0 aromatic heterocycles. The first-order chi connectivity index (χ1) is 9.34. The van der Waals surface area contributed by atoms with Crippen molar-refractivity contribution in [1.82, 2.24) is 10.6 Å². The summed E-state index contributed by atoms with van der Waals surface area (Å²) in [5.74, 6) is 0.730. The van der Waals surface area contributed by atoms with E-state index in [9.17, 15) is 4.79 Å². The highest BCUT2D eigenvalue weighted by Gasteiger charge is 2.43. The molecule has 1 amide bonds. The fourth-order valence-corrected chi connectivity index (χ4v) is 2.65. The molecule has 1 heterocycles. The summed E-state index contributed by atoms with van der Waals surface area (Å²) in [7, 11) is 0. The summed E-state index contributed by atoms with van der Waals surface area (Å²) in [5.41, 5.74) is 1.28. The zero-order chi connectivity index (χ0) is 13.1. The molecule has 0 radical (unpaired) electrons. The summed E-state index contributed by atoms with van der Waals surface area (Å²) < 4.78 is 5.56. The molecule has 3 atom stereocenters. The van der Waals surface area contributed by atoms with Crippen LogP contribution in [0.4, 0.5) is 0 Å². The Hall–Kier alpha value is -1.39. The second-order valence-corrected chi connectivity index (χ2v) is 5.30. The maximum absolute atomic E-state index is 12.0. The molecule has 0 bridgehead atoms. The molecule has 19 heavy (non-hydrogen) atoms. The Morgan fingerprint density at radius 1 is 1.37 bits per heavy atom. The highest BCUT2D eigenvalue weighted by Crippen LogP contribution is 2.47. The van der Waals surface area contributed by atoms with Crippen LogP contribution in [0.1, 0.15) is 17.9 Å². The number of hydrogen-bond acceptors (Lipinski definition) is 3. The zero-order valence-electron chi connectivity index (χ0n) is 11.0. The minimum Gasteiger partial charge on any atom is -0.374 e. The summed E-state index contributed by atoms with van der Waals surface area (Å²) in [6, 6.07) is 10.3. The normalized spacial score (nSPS) is 29.8. The van der Waals surface area contributed by atoms with Gasteiger partial charge in [0.25, 0.3) is 0 Å². The first-order valence-electron chi connectivity index (χ1n) is 6.99. The average molecular weight is 260 g/mol. The van der Waals surface area contributed by atoms with E-state index >= 15 is 0 Å². The molecule has 2 N–H and O–H groups in total. The molecular weight excluding hydrogens is 240 g/mol. The van der Waals surface area contributed by atoms with Gasteiger partial charge in [0.2, 0.25) is 5.91 Å². The largest absolute Gasteiger partial charge is 0.374 e. The summed E-state index contributed by atoms with van der Waals surface area (Å²) in [6.45, 7) is 3.08. The number of ether oxygens (including phenoxy) is 1. The van der Waals surface area contributed by atoms with E-state index in [2.05, 4.69) is 22.8 Å². The van der Waals surface area contributed by atoms with Crippen LogP contribution in [0.15, 0.2) is 30.3 Å². The number of morpholine rings is 1. The molecule has 0 spiro atoms. The van der Waals surface area contributed by atoms with E-state index in [4.69, 9.17) is 4.74 Å². The van der Waals surface area contributed by atoms with E-state index in [0.717, 1.165) is 26.1 Å². The zero-order valence-corrected chi connectivity index (χ0v) is 11.0. The molecule has 1 aromatic rings. The van der Waals surface area contributed by atoms with Crippen LogP contribution in [0, 0.1) is 5.92 Å². The molecule has 4 nitrogen and oxygen atoms in total. The number of rotatable bonds is 4. The fourth-order valence-electron chi connectivity index (χ4n) is 2.65. The standard InChI is InChI=1S/C15H20N2O2/c18-15(17-10-12-9-16-6-7-19-12)14-8-13(14)11-4-2-1-3-5-11/h1-5,12-14,16H,6-10H2,(H,17,18). The highest BCUT2D eigenvalue weighted by molar-refractivity contribution is 5.82. The minimum atomic E-state index is 0.117. The Bertz CT molecular complexity index is 429. The molecule has 1 aromatic carbocycles. The average Bonchev–Trinajstić information content (AvgIpc) is 3.27. The number of carbonyl (C=O) groups is 1. The third-order valence-corrected chi connectivity index (χ3v) is 3.86. The van der Waals surface area contributed by atoms with Crippen molar-refractivity contribution in [2.75, 3.05) is 26.2 Å². The van der Waals surface area contributed by atoms with Crippen LogP contribution in [0.5, 0.6) is 0 Å². The van der Waals surface area contributed by atoms with Gasteiger partial charge in [-0.2, -0.15) is 0 Å². The van der Waals surface area contributed by atoms with E-state index in [1.54, 1.807) is 0 Å². The third kappa shape index (κ3) is 3.14. The molecule has 1 aliphatic heterocycles. The lowest BCUT2D eigenvalue weighted by Gasteiger charge is -2.23. The van der Waals surface area contributed by atoms with Crippen LogP contribution in [0.3, 0.4) is 0 Å². The van der Waals surface area contributed by atoms with E-state index in [-0.39, 0.29) is 17.9 Å². The quantitative estimate of drug-likeness (QED) is 0.845. The van der Waals surface area contributed by atoms with Crippen molar-refractivity contribution < 1.29 is 9.53 Å². The molecule has 4 heteroatoms. The Morgan fingerprint density at radius 3 is 2.95 bits per heavy atom. The van der Waals surface area contributed by atoms with Crippen LogP contribution in [0.25, 0.3) is 0 Å². The van der Waals surface area contributed by atoms with Crippen molar-refractivity contribution in [3.8, 4) is 0 Å². The molecule has 2 fully saturated rings. The third-order valence-electron chi connectivity index (χ3n) is 3.86. The molecule has 3 rings (SSSR count). The van der Waals surface area contributed by atoms with Crippen molar-refractivity contribution in [1.29, 1.82) is 0 Å². The summed E-state index contributed by atoms with van der Waals surface area (Å²) in [4.78, 5) is 12.0. The second-order valence-electron chi connectivity index (χ2n) is 5.30. The topological polar surface area (TPSA) is 50.4 Å². The summed E-state index contributed by atoms with van der Waals surface area (Å²) in [6.07, 6.45) is 1.09. The lowest BCUT2D eigenvalue weighted by atomic mass is 10.1. The minimum absolute atomic E-state index is 0.117. The van der Waals surface area contributed by atoms with Crippen LogP contribution in [0.2, 0.25) is 0 Å². The summed E-state index contributed by atoms with van der Waals surface area (Å²) in [5, 5.41) is 6.27. The van der Waals surface area contributed by atoms with Gasteiger partial charge >= 0.3 is 0 Å². The van der Waals surface area contributed by atoms with E-state index in [0.29, 0.717) is 12.5 Å². The van der Waals surface area contributed by atoms with Gasteiger partial charge in [0.15, 0.2) is 0 Å². The lowest BCUT2D eigenvalue weighted by Crippen LogP contribution is -2.45. The van der Waals surface area contributed by atoms with Crippen LogP contribution < -0.4 is 10.6 Å². The van der Waals surface area contributed by atoms with Crippen molar-refractivity contribution in [3.05, 3.63) is 35.9 Å². The predicted octanol–water partition coefficient (Wildman–Crippen LogP) is 0.895. The van der Waals surface area contributed by atoms with Gasteiger partial charge in [0.05, 0.1) is 12.7 Å². The van der Waals surface area contributed by atoms with Gasteiger partial charge in [0.1, 0.15) is 0 Å². The molecule has 1 aliphatic carbocycles. The molecular formula is C15H20N2O2. The summed E-state index contributed by atoms with van der Waals surface area (Å²) >= 11 is 0. The van der Waals surface area contributed by atoms with E-state index in [1.165, 1.54) is 5.56 Å². The Kier molecular flexibility index (Phi) is 3.80. The van der Waals surface area contributed by atoms with Gasteiger partial charge in [-0.25, -0.2) is 0 Å². The monoisotopic (exact) mass is 260 g/mol. The van der Waals surface area contributed by atoms with Crippen LogP contribution >= 0.6 is 0 Å². The number of amides is 1. The Morgan fingerprint density at radius 2 is 2.21 bits per heavy atom. The number of carbonyl (C=O) groups excluding carboxylic acids is 1. The molecule has 102 valence electrons. The number of nitrogens with one attached hydrogen (secondary N) is 2. The van der Waals surface area contributed by atoms with E-state index in [1.807, 2.05) is 18.2 Å². The number of hydrogen-bond donors (Lipinski definition) is 2. The predicted molar refractivity (Wildman–Crippen MR) is 72.9 cm³/mol. The van der Waals surface area contributed by atoms with Gasteiger partial charge in [-0.3, -0.25) is 4.79 Å². The van der Waals surface area contributed by atoms with Crippen molar-refractivity contribution in [2.45, 2.75) is 18.4 Å². The second kappa shape index (κ2) is 5.72. The molecule has 3 unspecified atom stereocenters. The first-order valence-corrected chi connectivity index (χ1v) is 6.99. The molecule has 1 saturated heterocycles. The fraction of sp³-hybridized carbons (Fsp3) is 0.533. The first kappa shape index (κ1) is 12.6.